The molecule has 1 aromatic carbocycles. The lowest BCUT2D eigenvalue weighted by Crippen LogP contribution is -2.13. The lowest BCUT2D eigenvalue weighted by molar-refractivity contribution is 0.100. The summed E-state index contributed by atoms with van der Waals surface area (Å²) in [7, 11) is 1.88. The van der Waals surface area contributed by atoms with Gasteiger partial charge in [0.05, 0.1) is 5.56 Å². The minimum atomic E-state index is -0.457. The van der Waals surface area contributed by atoms with Crippen LogP contribution in [0, 0.1) is 0 Å². The maximum atomic E-state index is 11.3. The summed E-state index contributed by atoms with van der Waals surface area (Å²) in [5.74, 6) is 1.08. The van der Waals surface area contributed by atoms with E-state index in [4.69, 9.17) is 5.73 Å². The van der Waals surface area contributed by atoms with Crippen molar-refractivity contribution in [3.05, 3.63) is 35.7 Å². The molecule has 0 aliphatic heterocycles. The molecule has 0 spiro atoms. The van der Waals surface area contributed by atoms with Crippen LogP contribution >= 0.6 is 0 Å². The van der Waals surface area contributed by atoms with E-state index in [0.717, 1.165) is 17.8 Å². The van der Waals surface area contributed by atoms with Crippen molar-refractivity contribution in [1.29, 1.82) is 0 Å². The standard InChI is InChI=1S/C12H14N4O/c1-3-10-14-15-12(16(10)2)9-7-5-4-6-8(9)11(13)17/h4-7H,3H2,1-2H3,(H2,13,17). The molecule has 2 aromatic rings. The van der Waals surface area contributed by atoms with Gasteiger partial charge in [-0.1, -0.05) is 25.1 Å². The first-order valence-corrected chi connectivity index (χ1v) is 5.42. The van der Waals surface area contributed by atoms with E-state index in [0.29, 0.717) is 11.4 Å². The largest absolute Gasteiger partial charge is 0.366 e. The predicted molar refractivity (Wildman–Crippen MR) is 64.3 cm³/mol. The number of aryl methyl sites for hydroxylation is 1. The van der Waals surface area contributed by atoms with Crippen LogP contribution in [0.15, 0.2) is 24.3 Å². The highest BCUT2D eigenvalue weighted by Gasteiger charge is 2.15. The van der Waals surface area contributed by atoms with Gasteiger partial charge in [0.15, 0.2) is 5.82 Å². The number of primary amides is 1. The van der Waals surface area contributed by atoms with Crippen molar-refractivity contribution in [2.24, 2.45) is 12.8 Å². The first kappa shape index (κ1) is 11.3. The van der Waals surface area contributed by atoms with Crippen molar-refractivity contribution in [3.63, 3.8) is 0 Å². The van der Waals surface area contributed by atoms with Crippen LogP contribution in [-0.4, -0.2) is 20.7 Å². The van der Waals surface area contributed by atoms with Gasteiger partial charge in [-0.05, 0) is 6.07 Å². The van der Waals surface area contributed by atoms with Gasteiger partial charge in [0.25, 0.3) is 0 Å². The van der Waals surface area contributed by atoms with Gasteiger partial charge >= 0.3 is 0 Å². The quantitative estimate of drug-likeness (QED) is 0.859. The smallest absolute Gasteiger partial charge is 0.249 e. The van der Waals surface area contributed by atoms with Gasteiger partial charge in [-0.3, -0.25) is 4.79 Å². The van der Waals surface area contributed by atoms with Gasteiger partial charge in [-0.2, -0.15) is 0 Å². The second-order valence-corrected chi connectivity index (χ2v) is 3.76. The molecule has 0 bridgehead atoms. The van der Waals surface area contributed by atoms with Gasteiger partial charge in [0, 0.05) is 19.0 Å². The Balaban J connectivity index is 2.60. The monoisotopic (exact) mass is 230 g/mol. The Labute approximate surface area is 99.3 Å². The summed E-state index contributed by atoms with van der Waals surface area (Å²) in [5, 5.41) is 8.18. The van der Waals surface area contributed by atoms with Crippen LogP contribution in [-0.2, 0) is 13.5 Å². The number of nitrogens with zero attached hydrogens (tertiary/aromatic N) is 3. The molecule has 17 heavy (non-hydrogen) atoms. The number of amides is 1. The molecular weight excluding hydrogens is 216 g/mol. The number of rotatable bonds is 3. The molecule has 2 N–H and O–H groups in total. The minimum Gasteiger partial charge on any atom is -0.366 e. The lowest BCUT2D eigenvalue weighted by Gasteiger charge is -2.06. The summed E-state index contributed by atoms with van der Waals surface area (Å²) >= 11 is 0. The molecule has 0 saturated carbocycles. The second kappa shape index (κ2) is 4.37. The molecule has 0 fully saturated rings. The van der Waals surface area contributed by atoms with Crippen LogP contribution in [0.3, 0.4) is 0 Å². The van der Waals surface area contributed by atoms with Gasteiger partial charge in [0.1, 0.15) is 5.82 Å². The molecule has 5 heteroatoms. The Morgan fingerprint density at radius 3 is 2.65 bits per heavy atom. The Kier molecular flexibility index (Phi) is 2.91. The van der Waals surface area contributed by atoms with Crippen LogP contribution in [0.25, 0.3) is 11.4 Å². The molecular formula is C12H14N4O. The predicted octanol–water partition coefficient (Wildman–Crippen LogP) is 1.14. The van der Waals surface area contributed by atoms with E-state index >= 15 is 0 Å². The number of carbonyl (C=O) groups is 1. The summed E-state index contributed by atoms with van der Waals surface area (Å²) < 4.78 is 1.88. The zero-order chi connectivity index (χ0) is 12.4. The third kappa shape index (κ3) is 1.91. The van der Waals surface area contributed by atoms with Crippen LogP contribution in [0.4, 0.5) is 0 Å². The van der Waals surface area contributed by atoms with E-state index in [9.17, 15) is 4.79 Å². The van der Waals surface area contributed by atoms with E-state index in [1.165, 1.54) is 0 Å². The Hall–Kier alpha value is -2.17. The van der Waals surface area contributed by atoms with Gasteiger partial charge in [-0.25, -0.2) is 0 Å². The van der Waals surface area contributed by atoms with Gasteiger partial charge in [-0.15, -0.1) is 10.2 Å². The molecule has 88 valence electrons. The fourth-order valence-electron chi connectivity index (χ4n) is 1.80. The number of benzene rings is 1. The zero-order valence-corrected chi connectivity index (χ0v) is 9.84. The molecule has 0 aliphatic rings. The average molecular weight is 230 g/mol. The summed E-state index contributed by atoms with van der Waals surface area (Å²) in [6.07, 6.45) is 0.794. The highest BCUT2D eigenvalue weighted by atomic mass is 16.1. The number of aromatic nitrogens is 3. The summed E-state index contributed by atoms with van der Waals surface area (Å²) in [4.78, 5) is 11.3. The van der Waals surface area contributed by atoms with Crippen LogP contribution in [0.1, 0.15) is 23.1 Å². The number of hydrogen-bond acceptors (Lipinski definition) is 3. The van der Waals surface area contributed by atoms with Crippen molar-refractivity contribution < 1.29 is 4.79 Å². The maximum Gasteiger partial charge on any atom is 0.249 e. The lowest BCUT2D eigenvalue weighted by atomic mass is 10.1. The molecule has 1 amide bonds. The molecule has 0 unspecified atom stereocenters. The number of hydrogen-bond donors (Lipinski definition) is 1. The second-order valence-electron chi connectivity index (χ2n) is 3.76. The molecule has 0 radical (unpaired) electrons. The van der Waals surface area contributed by atoms with Crippen LogP contribution < -0.4 is 5.73 Å². The van der Waals surface area contributed by atoms with Gasteiger partial charge < -0.3 is 10.3 Å². The Bertz CT molecular complexity index is 559. The summed E-state index contributed by atoms with van der Waals surface area (Å²) in [5.41, 5.74) is 6.53. The van der Waals surface area contributed by atoms with Gasteiger partial charge in [0.2, 0.25) is 5.91 Å². The third-order valence-electron chi connectivity index (χ3n) is 2.71. The van der Waals surface area contributed by atoms with E-state index in [2.05, 4.69) is 10.2 Å². The van der Waals surface area contributed by atoms with Crippen molar-refractivity contribution in [2.75, 3.05) is 0 Å². The number of carbonyl (C=O) groups excluding carboxylic acids is 1. The zero-order valence-electron chi connectivity index (χ0n) is 9.84. The molecule has 0 saturated heterocycles. The molecule has 1 heterocycles. The normalized spacial score (nSPS) is 10.5. The van der Waals surface area contributed by atoms with E-state index < -0.39 is 5.91 Å². The van der Waals surface area contributed by atoms with Crippen LogP contribution in [0.5, 0.6) is 0 Å². The van der Waals surface area contributed by atoms with Crippen molar-refractivity contribution >= 4 is 5.91 Å². The average Bonchev–Trinajstić information content (AvgIpc) is 2.70. The minimum absolute atomic E-state index is 0.457. The maximum absolute atomic E-state index is 11.3. The SMILES string of the molecule is CCc1nnc(-c2ccccc2C(N)=O)n1C. The third-order valence-corrected chi connectivity index (χ3v) is 2.71. The molecule has 2 rings (SSSR count). The molecule has 5 nitrogen and oxygen atoms in total. The Morgan fingerprint density at radius 1 is 1.35 bits per heavy atom. The number of nitrogens with two attached hydrogens (primary N) is 1. The van der Waals surface area contributed by atoms with Crippen molar-refractivity contribution in [1.82, 2.24) is 14.8 Å². The first-order valence-electron chi connectivity index (χ1n) is 5.42. The fourth-order valence-corrected chi connectivity index (χ4v) is 1.80. The highest BCUT2D eigenvalue weighted by Crippen LogP contribution is 2.21. The van der Waals surface area contributed by atoms with E-state index in [-0.39, 0.29) is 0 Å². The topological polar surface area (TPSA) is 73.8 Å². The molecule has 1 aromatic heterocycles. The molecule has 0 aliphatic carbocycles. The first-order chi connectivity index (χ1) is 8.15. The van der Waals surface area contributed by atoms with Crippen LogP contribution in [0.2, 0.25) is 0 Å². The summed E-state index contributed by atoms with van der Waals surface area (Å²) in [6, 6.07) is 7.14. The molecule has 0 atom stereocenters. The van der Waals surface area contributed by atoms with Crippen molar-refractivity contribution in [3.8, 4) is 11.4 Å². The van der Waals surface area contributed by atoms with E-state index in [1.54, 1.807) is 12.1 Å². The van der Waals surface area contributed by atoms with Crippen molar-refractivity contribution in [2.45, 2.75) is 13.3 Å². The summed E-state index contributed by atoms with van der Waals surface area (Å²) in [6.45, 7) is 2.01. The van der Waals surface area contributed by atoms with E-state index in [1.807, 2.05) is 30.7 Å². The Morgan fingerprint density at radius 2 is 2.06 bits per heavy atom. The fraction of sp³-hybridized carbons (Fsp3) is 0.250. The highest BCUT2D eigenvalue weighted by molar-refractivity contribution is 5.99.